The average Bonchev–Trinajstić information content (AvgIpc) is 3.30. The van der Waals surface area contributed by atoms with Gasteiger partial charge in [-0.05, 0) is 30.7 Å². The Balaban J connectivity index is 2.08. The second-order valence-corrected chi connectivity index (χ2v) is 8.44. The third-order valence-electron chi connectivity index (χ3n) is 6.04. The minimum absolute atomic E-state index is 0.298. The van der Waals surface area contributed by atoms with Crippen LogP contribution < -0.4 is 16.4 Å². The number of carboxylic acid groups (broad SMARTS) is 1. The van der Waals surface area contributed by atoms with E-state index in [9.17, 15) is 24.3 Å². The molecular formula is C23H34N4O6. The molecule has 33 heavy (non-hydrogen) atoms. The molecule has 1 aromatic carbocycles. The molecule has 1 aliphatic rings. The van der Waals surface area contributed by atoms with Gasteiger partial charge in [-0.15, -0.1) is 0 Å². The van der Waals surface area contributed by atoms with Crippen LogP contribution in [0, 0.1) is 5.92 Å². The van der Waals surface area contributed by atoms with Gasteiger partial charge in [0.2, 0.25) is 17.7 Å². The van der Waals surface area contributed by atoms with Crippen LogP contribution in [0.25, 0.3) is 0 Å². The Hall–Kier alpha value is -2.98. The molecule has 6 N–H and O–H groups in total. The first-order valence-corrected chi connectivity index (χ1v) is 11.2. The Bertz CT molecular complexity index is 834. The highest BCUT2D eigenvalue weighted by atomic mass is 16.4. The molecule has 0 unspecified atom stereocenters. The standard InChI is InChI=1S/C23H34N4O6/c1-3-14(2)19(21(30)25-17(13-28)23(32)33)26-20(29)18-10-7-11-27(18)22(31)16(24)12-15-8-5-4-6-9-15/h4-6,8-9,14,16-19,28H,3,7,10-13,24H2,1-2H3,(H,25,30)(H,26,29)(H,32,33)/t14-,16-,17-,18-,19-/m0/s1. The first-order valence-electron chi connectivity index (χ1n) is 11.2. The molecule has 10 heteroatoms. The van der Waals surface area contributed by atoms with Crippen LogP contribution in [0.1, 0.15) is 38.7 Å². The van der Waals surface area contributed by atoms with E-state index in [1.807, 2.05) is 37.3 Å². The van der Waals surface area contributed by atoms with Gasteiger partial charge in [0, 0.05) is 6.54 Å². The van der Waals surface area contributed by atoms with Crippen molar-refractivity contribution in [2.24, 2.45) is 11.7 Å². The number of amides is 3. The lowest BCUT2D eigenvalue weighted by molar-refractivity contribution is -0.144. The van der Waals surface area contributed by atoms with Gasteiger partial charge in [-0.3, -0.25) is 14.4 Å². The molecule has 1 aliphatic heterocycles. The molecule has 0 bridgehead atoms. The zero-order valence-corrected chi connectivity index (χ0v) is 19.1. The van der Waals surface area contributed by atoms with Crippen LogP contribution in [-0.4, -0.2) is 76.1 Å². The number of nitrogens with two attached hydrogens (primary N) is 1. The molecule has 182 valence electrons. The first-order chi connectivity index (χ1) is 15.7. The number of hydrogen-bond donors (Lipinski definition) is 5. The van der Waals surface area contributed by atoms with E-state index < -0.39 is 48.6 Å². The van der Waals surface area contributed by atoms with Crippen molar-refractivity contribution in [3.05, 3.63) is 35.9 Å². The number of rotatable bonds is 11. The molecule has 1 saturated heterocycles. The summed E-state index contributed by atoms with van der Waals surface area (Å²) in [6, 6.07) is 5.34. The Morgan fingerprint density at radius 1 is 1.18 bits per heavy atom. The van der Waals surface area contributed by atoms with Crippen molar-refractivity contribution in [1.82, 2.24) is 15.5 Å². The van der Waals surface area contributed by atoms with Crippen LogP contribution in [0.2, 0.25) is 0 Å². The number of likely N-dealkylation sites (tertiary alicyclic amines) is 1. The summed E-state index contributed by atoms with van der Waals surface area (Å²) in [6.07, 6.45) is 1.97. The van der Waals surface area contributed by atoms with E-state index in [4.69, 9.17) is 10.8 Å². The van der Waals surface area contributed by atoms with Crippen LogP contribution >= 0.6 is 0 Å². The molecule has 1 fully saturated rings. The zero-order valence-electron chi connectivity index (χ0n) is 19.1. The fraction of sp³-hybridized carbons (Fsp3) is 0.565. The molecule has 3 amide bonds. The van der Waals surface area contributed by atoms with Crippen molar-refractivity contribution < 1.29 is 29.4 Å². The summed E-state index contributed by atoms with van der Waals surface area (Å²) in [4.78, 5) is 51.4. The van der Waals surface area contributed by atoms with Gasteiger partial charge in [-0.1, -0.05) is 50.6 Å². The van der Waals surface area contributed by atoms with Crippen molar-refractivity contribution in [2.75, 3.05) is 13.2 Å². The number of aliphatic hydroxyl groups is 1. The maximum atomic E-state index is 13.1. The third-order valence-corrected chi connectivity index (χ3v) is 6.04. The molecule has 0 aromatic heterocycles. The van der Waals surface area contributed by atoms with Gasteiger partial charge in [0.15, 0.2) is 0 Å². The lowest BCUT2D eigenvalue weighted by Crippen LogP contribution is -2.58. The van der Waals surface area contributed by atoms with E-state index >= 15 is 0 Å². The maximum absolute atomic E-state index is 13.1. The van der Waals surface area contributed by atoms with E-state index in [1.165, 1.54) is 4.90 Å². The fourth-order valence-electron chi connectivity index (χ4n) is 3.87. The smallest absolute Gasteiger partial charge is 0.328 e. The summed E-state index contributed by atoms with van der Waals surface area (Å²) < 4.78 is 0. The highest BCUT2D eigenvalue weighted by Crippen LogP contribution is 2.20. The summed E-state index contributed by atoms with van der Waals surface area (Å²) >= 11 is 0. The summed E-state index contributed by atoms with van der Waals surface area (Å²) in [6.45, 7) is 3.22. The average molecular weight is 463 g/mol. The van der Waals surface area contributed by atoms with Crippen molar-refractivity contribution in [3.8, 4) is 0 Å². The number of hydrogen-bond acceptors (Lipinski definition) is 6. The van der Waals surface area contributed by atoms with Gasteiger partial charge >= 0.3 is 5.97 Å². The predicted molar refractivity (Wildman–Crippen MR) is 121 cm³/mol. The number of carbonyl (C=O) groups is 4. The highest BCUT2D eigenvalue weighted by Gasteiger charge is 2.38. The third kappa shape index (κ3) is 7.00. The van der Waals surface area contributed by atoms with Gasteiger partial charge in [0.25, 0.3) is 0 Å². The minimum atomic E-state index is -1.47. The van der Waals surface area contributed by atoms with E-state index in [0.29, 0.717) is 32.2 Å². The van der Waals surface area contributed by atoms with Crippen LogP contribution in [0.3, 0.4) is 0 Å². The number of benzene rings is 1. The quantitative estimate of drug-likeness (QED) is 0.300. The molecule has 0 spiro atoms. The molecule has 5 atom stereocenters. The number of carbonyl (C=O) groups excluding carboxylic acids is 3. The number of aliphatic hydroxyl groups excluding tert-OH is 1. The van der Waals surface area contributed by atoms with Crippen molar-refractivity contribution in [1.29, 1.82) is 0 Å². The summed E-state index contributed by atoms with van der Waals surface area (Å²) in [5.41, 5.74) is 7.06. The maximum Gasteiger partial charge on any atom is 0.328 e. The second-order valence-electron chi connectivity index (χ2n) is 8.44. The Kier molecular flexibility index (Phi) is 9.80. The molecule has 0 aliphatic carbocycles. The zero-order chi connectivity index (χ0) is 24.5. The van der Waals surface area contributed by atoms with Crippen LogP contribution in [0.4, 0.5) is 0 Å². The molecule has 1 heterocycles. The molecular weight excluding hydrogens is 428 g/mol. The summed E-state index contributed by atoms with van der Waals surface area (Å²) in [5.74, 6) is -3.18. The predicted octanol–water partition coefficient (Wildman–Crippen LogP) is -0.360. The highest BCUT2D eigenvalue weighted by molar-refractivity contribution is 5.94. The van der Waals surface area contributed by atoms with Crippen molar-refractivity contribution in [3.63, 3.8) is 0 Å². The topological polar surface area (TPSA) is 162 Å². The van der Waals surface area contributed by atoms with Crippen LogP contribution in [0.15, 0.2) is 30.3 Å². The van der Waals surface area contributed by atoms with Crippen molar-refractivity contribution in [2.45, 2.75) is 63.7 Å². The lowest BCUT2D eigenvalue weighted by Gasteiger charge is -2.30. The van der Waals surface area contributed by atoms with E-state index in [0.717, 1.165) is 5.56 Å². The lowest BCUT2D eigenvalue weighted by atomic mass is 9.97. The molecule has 2 rings (SSSR count). The van der Waals surface area contributed by atoms with Gasteiger partial charge in [-0.2, -0.15) is 0 Å². The van der Waals surface area contributed by atoms with E-state index in [1.54, 1.807) is 6.92 Å². The summed E-state index contributed by atoms with van der Waals surface area (Å²) in [5, 5.41) is 23.2. The first kappa shape index (κ1) is 26.3. The second kappa shape index (κ2) is 12.3. The monoisotopic (exact) mass is 462 g/mol. The van der Waals surface area contributed by atoms with E-state index in [2.05, 4.69) is 10.6 Å². The van der Waals surface area contributed by atoms with Gasteiger partial charge < -0.3 is 31.5 Å². The number of carboxylic acids is 1. The fourth-order valence-corrected chi connectivity index (χ4v) is 3.87. The Morgan fingerprint density at radius 2 is 1.85 bits per heavy atom. The summed E-state index contributed by atoms with van der Waals surface area (Å²) in [7, 11) is 0. The number of nitrogens with one attached hydrogen (secondary N) is 2. The molecule has 0 saturated carbocycles. The van der Waals surface area contributed by atoms with Crippen LogP contribution in [0.5, 0.6) is 0 Å². The van der Waals surface area contributed by atoms with E-state index in [-0.39, 0.29) is 11.8 Å². The molecule has 0 radical (unpaired) electrons. The largest absolute Gasteiger partial charge is 0.480 e. The Labute approximate surface area is 193 Å². The molecule has 1 aromatic rings. The number of nitrogens with zero attached hydrogens (tertiary/aromatic N) is 1. The van der Waals surface area contributed by atoms with Gasteiger partial charge in [0.05, 0.1) is 12.6 Å². The molecule has 10 nitrogen and oxygen atoms in total. The van der Waals surface area contributed by atoms with Gasteiger partial charge in [-0.25, -0.2) is 4.79 Å². The van der Waals surface area contributed by atoms with Crippen molar-refractivity contribution >= 4 is 23.7 Å². The van der Waals surface area contributed by atoms with Crippen LogP contribution in [-0.2, 0) is 25.6 Å². The minimum Gasteiger partial charge on any atom is -0.480 e. The van der Waals surface area contributed by atoms with Gasteiger partial charge in [0.1, 0.15) is 18.1 Å². The SMILES string of the molecule is CC[C@H](C)[C@H](NC(=O)[C@@H]1CCCN1C(=O)[C@@H](N)Cc1ccccc1)C(=O)N[C@@H](CO)C(=O)O. The normalized spacial score (nSPS) is 19.3. The Morgan fingerprint density at radius 3 is 2.42 bits per heavy atom. The number of aliphatic carboxylic acids is 1.